The lowest BCUT2D eigenvalue weighted by Gasteiger charge is -1.92. The van der Waals surface area contributed by atoms with Gasteiger partial charge in [0, 0.05) is 12.3 Å². The minimum absolute atomic E-state index is 0.373. The normalized spacial score (nSPS) is 9.30. The second-order valence-corrected chi connectivity index (χ2v) is 1.62. The Kier molecular flexibility index (Phi) is 1.62. The number of aromatic nitrogens is 1. The second kappa shape index (κ2) is 2.43. The standard InChI is InChI=1S/C6H4FN2O/c7-4-2-1-3-9-5(4)6(8)10/h1,3H,(H2,8,10). The zero-order valence-corrected chi connectivity index (χ0v) is 4.97. The Bertz CT molecular complexity index is 262. The maximum atomic E-state index is 12.4. The van der Waals surface area contributed by atoms with Crippen molar-refractivity contribution in [2.75, 3.05) is 0 Å². The molecule has 0 aliphatic carbocycles. The summed E-state index contributed by atoms with van der Waals surface area (Å²) in [5.74, 6) is -1.69. The summed E-state index contributed by atoms with van der Waals surface area (Å²) in [5.41, 5.74) is 4.38. The van der Waals surface area contributed by atoms with Crippen LogP contribution in [0.4, 0.5) is 4.39 Å². The lowest BCUT2D eigenvalue weighted by atomic mass is 10.3. The largest absolute Gasteiger partial charge is 0.364 e. The van der Waals surface area contributed by atoms with E-state index in [2.05, 4.69) is 11.1 Å². The maximum Gasteiger partial charge on any atom is 0.270 e. The van der Waals surface area contributed by atoms with E-state index < -0.39 is 11.7 Å². The van der Waals surface area contributed by atoms with Gasteiger partial charge >= 0.3 is 0 Å². The maximum absolute atomic E-state index is 12.4. The monoisotopic (exact) mass is 139 g/mol. The smallest absolute Gasteiger partial charge is 0.270 e. The third kappa shape index (κ3) is 1.10. The van der Waals surface area contributed by atoms with Crippen LogP contribution in [0.25, 0.3) is 0 Å². The summed E-state index contributed by atoms with van der Waals surface area (Å²) in [7, 11) is 0. The van der Waals surface area contributed by atoms with E-state index in [9.17, 15) is 9.18 Å². The third-order valence-electron chi connectivity index (χ3n) is 0.930. The number of halogens is 1. The van der Waals surface area contributed by atoms with Gasteiger partial charge in [0.25, 0.3) is 5.91 Å². The van der Waals surface area contributed by atoms with E-state index in [0.717, 1.165) is 0 Å². The van der Waals surface area contributed by atoms with Gasteiger partial charge in [0.15, 0.2) is 11.5 Å². The lowest BCUT2D eigenvalue weighted by Crippen LogP contribution is -2.14. The van der Waals surface area contributed by atoms with Crippen LogP contribution in [0.3, 0.4) is 0 Å². The number of pyridine rings is 1. The Morgan fingerprint density at radius 2 is 2.50 bits per heavy atom. The second-order valence-electron chi connectivity index (χ2n) is 1.62. The summed E-state index contributed by atoms with van der Waals surface area (Å²) >= 11 is 0. The van der Waals surface area contributed by atoms with Crippen LogP contribution >= 0.6 is 0 Å². The van der Waals surface area contributed by atoms with Crippen molar-refractivity contribution in [1.29, 1.82) is 0 Å². The van der Waals surface area contributed by atoms with Crippen molar-refractivity contribution >= 4 is 5.91 Å². The van der Waals surface area contributed by atoms with E-state index >= 15 is 0 Å². The summed E-state index contributed by atoms with van der Waals surface area (Å²) in [5, 5.41) is 0. The molecular formula is C6H4FN2O. The van der Waals surface area contributed by atoms with Crippen molar-refractivity contribution in [2.45, 2.75) is 0 Å². The molecule has 1 heterocycles. The molecule has 0 aliphatic heterocycles. The Morgan fingerprint density at radius 1 is 1.80 bits per heavy atom. The highest BCUT2D eigenvalue weighted by Gasteiger charge is 2.06. The van der Waals surface area contributed by atoms with Gasteiger partial charge in [-0.2, -0.15) is 0 Å². The first kappa shape index (κ1) is 6.67. The summed E-state index contributed by atoms with van der Waals surface area (Å²) in [4.78, 5) is 13.7. The van der Waals surface area contributed by atoms with E-state index in [-0.39, 0.29) is 5.69 Å². The molecule has 0 fully saturated rings. The average molecular weight is 139 g/mol. The molecule has 0 saturated carbocycles. The van der Waals surface area contributed by atoms with Crippen LogP contribution in [0.2, 0.25) is 0 Å². The number of carbonyl (C=O) groups excluding carboxylic acids is 1. The van der Waals surface area contributed by atoms with E-state index in [4.69, 9.17) is 5.73 Å². The number of hydrogen-bond donors (Lipinski definition) is 1. The SMILES string of the molecule is NC(=O)c1ncc[c]c1F. The highest BCUT2D eigenvalue weighted by Crippen LogP contribution is 1.98. The number of nitrogens with zero attached hydrogens (tertiary/aromatic N) is 1. The van der Waals surface area contributed by atoms with Crippen molar-refractivity contribution in [2.24, 2.45) is 5.73 Å². The molecule has 0 aliphatic rings. The van der Waals surface area contributed by atoms with Crippen LogP contribution in [-0.4, -0.2) is 10.9 Å². The van der Waals surface area contributed by atoms with E-state index in [0.29, 0.717) is 0 Å². The van der Waals surface area contributed by atoms with Gasteiger partial charge in [-0.1, -0.05) is 0 Å². The fraction of sp³-hybridized carbons (Fsp3) is 0. The minimum Gasteiger partial charge on any atom is -0.364 e. The van der Waals surface area contributed by atoms with Crippen LogP contribution in [0, 0.1) is 11.9 Å². The number of rotatable bonds is 1. The Labute approximate surface area is 56.7 Å². The topological polar surface area (TPSA) is 56.0 Å². The number of carbonyl (C=O) groups is 1. The molecule has 0 aromatic carbocycles. The minimum atomic E-state index is -0.880. The van der Waals surface area contributed by atoms with Gasteiger partial charge in [0.2, 0.25) is 0 Å². The Balaban J connectivity index is 3.15. The van der Waals surface area contributed by atoms with Gasteiger partial charge in [-0.05, 0) is 6.07 Å². The van der Waals surface area contributed by atoms with Crippen LogP contribution in [0.1, 0.15) is 10.5 Å². The molecule has 0 bridgehead atoms. The third-order valence-corrected chi connectivity index (χ3v) is 0.930. The van der Waals surface area contributed by atoms with Crippen LogP contribution < -0.4 is 5.73 Å². The molecule has 51 valence electrons. The van der Waals surface area contributed by atoms with Crippen molar-refractivity contribution in [3.05, 3.63) is 29.8 Å². The zero-order valence-electron chi connectivity index (χ0n) is 4.97. The van der Waals surface area contributed by atoms with Crippen molar-refractivity contribution in [3.8, 4) is 0 Å². The first-order valence-corrected chi connectivity index (χ1v) is 2.54. The van der Waals surface area contributed by atoms with Gasteiger partial charge in [0.05, 0.1) is 0 Å². The van der Waals surface area contributed by atoms with Gasteiger partial charge in [0.1, 0.15) is 0 Å². The van der Waals surface area contributed by atoms with Crippen LogP contribution in [0.15, 0.2) is 12.3 Å². The molecule has 0 atom stereocenters. The fourth-order valence-corrected chi connectivity index (χ4v) is 0.519. The molecule has 1 radical (unpaired) electrons. The van der Waals surface area contributed by atoms with Crippen molar-refractivity contribution < 1.29 is 9.18 Å². The molecule has 2 N–H and O–H groups in total. The number of amides is 1. The van der Waals surface area contributed by atoms with Crippen LogP contribution in [0.5, 0.6) is 0 Å². The molecule has 0 unspecified atom stereocenters. The van der Waals surface area contributed by atoms with Gasteiger partial charge in [-0.25, -0.2) is 9.37 Å². The number of hydrogen-bond acceptors (Lipinski definition) is 2. The highest BCUT2D eigenvalue weighted by molar-refractivity contribution is 5.90. The number of nitrogens with two attached hydrogens (primary N) is 1. The molecule has 1 aromatic rings. The van der Waals surface area contributed by atoms with Gasteiger partial charge < -0.3 is 5.73 Å². The Morgan fingerprint density at radius 3 is 2.90 bits per heavy atom. The summed E-state index contributed by atoms with van der Waals surface area (Å²) in [6.07, 6.45) is 1.25. The quantitative estimate of drug-likeness (QED) is 0.600. The summed E-state index contributed by atoms with van der Waals surface area (Å²) < 4.78 is 12.4. The summed E-state index contributed by atoms with van der Waals surface area (Å²) in [6, 6.07) is 3.42. The molecule has 0 saturated heterocycles. The van der Waals surface area contributed by atoms with Crippen molar-refractivity contribution in [3.63, 3.8) is 0 Å². The highest BCUT2D eigenvalue weighted by atomic mass is 19.1. The number of primary amides is 1. The predicted octanol–water partition coefficient (Wildman–Crippen LogP) is 0.120. The fourth-order valence-electron chi connectivity index (χ4n) is 0.519. The average Bonchev–Trinajstić information content (AvgIpc) is 1.88. The molecule has 10 heavy (non-hydrogen) atoms. The van der Waals surface area contributed by atoms with E-state index in [1.54, 1.807) is 0 Å². The lowest BCUT2D eigenvalue weighted by molar-refractivity contribution is 0.0991. The predicted molar refractivity (Wildman–Crippen MR) is 31.5 cm³/mol. The zero-order chi connectivity index (χ0) is 7.56. The molecule has 4 heteroatoms. The summed E-state index contributed by atoms with van der Waals surface area (Å²) in [6.45, 7) is 0. The molecule has 0 spiro atoms. The molecule has 3 nitrogen and oxygen atoms in total. The van der Waals surface area contributed by atoms with Crippen LogP contribution in [-0.2, 0) is 0 Å². The van der Waals surface area contributed by atoms with Gasteiger partial charge in [-0.15, -0.1) is 0 Å². The van der Waals surface area contributed by atoms with Crippen molar-refractivity contribution in [1.82, 2.24) is 4.98 Å². The molecule has 1 aromatic heterocycles. The van der Waals surface area contributed by atoms with E-state index in [1.807, 2.05) is 0 Å². The Hall–Kier alpha value is -1.45. The first-order valence-electron chi connectivity index (χ1n) is 2.54. The van der Waals surface area contributed by atoms with E-state index in [1.165, 1.54) is 12.3 Å². The molecule has 1 amide bonds. The first-order chi connectivity index (χ1) is 4.72. The molecule has 1 rings (SSSR count). The van der Waals surface area contributed by atoms with Gasteiger partial charge in [-0.3, -0.25) is 4.79 Å². The molecular weight excluding hydrogens is 135 g/mol.